The molecular formula is C7H6BrN3O. The van der Waals surface area contributed by atoms with Crippen LogP contribution in [-0.2, 0) is 7.05 Å². The quantitative estimate of drug-likeness (QED) is 0.742. The highest BCUT2D eigenvalue weighted by Gasteiger charge is 2.05. The zero-order chi connectivity index (χ0) is 8.72. The van der Waals surface area contributed by atoms with Crippen molar-refractivity contribution in [1.29, 1.82) is 0 Å². The topological polar surface area (TPSA) is 50.9 Å². The van der Waals surface area contributed by atoms with E-state index in [4.69, 9.17) is 0 Å². The summed E-state index contributed by atoms with van der Waals surface area (Å²) in [6.07, 6.45) is 1.70. The van der Waals surface area contributed by atoms with Gasteiger partial charge in [0.25, 0.3) is 0 Å². The van der Waals surface area contributed by atoms with Crippen LogP contribution in [-0.4, -0.2) is 19.9 Å². The van der Waals surface area contributed by atoms with Crippen molar-refractivity contribution >= 4 is 27.0 Å². The number of rotatable bonds is 0. The lowest BCUT2D eigenvalue weighted by atomic mass is 10.3. The van der Waals surface area contributed by atoms with Crippen LogP contribution in [0.1, 0.15) is 0 Å². The first kappa shape index (κ1) is 7.54. The second kappa shape index (κ2) is 2.45. The van der Waals surface area contributed by atoms with Gasteiger partial charge in [0.05, 0.1) is 10.7 Å². The smallest absolute Gasteiger partial charge is 0.227 e. The van der Waals surface area contributed by atoms with E-state index in [0.717, 1.165) is 5.39 Å². The van der Waals surface area contributed by atoms with Crippen molar-refractivity contribution in [3.63, 3.8) is 0 Å². The zero-order valence-electron chi connectivity index (χ0n) is 6.32. The molecular weight excluding hydrogens is 222 g/mol. The molecule has 0 aliphatic rings. The maximum absolute atomic E-state index is 9.26. The van der Waals surface area contributed by atoms with Crippen LogP contribution in [0.2, 0.25) is 0 Å². The van der Waals surface area contributed by atoms with Crippen molar-refractivity contribution in [3.8, 4) is 5.88 Å². The van der Waals surface area contributed by atoms with Gasteiger partial charge in [-0.05, 0) is 22.0 Å². The van der Waals surface area contributed by atoms with Crippen molar-refractivity contribution in [2.24, 2.45) is 7.05 Å². The standard InChI is InChI=1S/C7H6BrN3O/c1-11-6-4(3-9-11)2-5(8)7(12)10-6/h2-3H,1H3,(H,10,12). The van der Waals surface area contributed by atoms with Gasteiger partial charge in [-0.1, -0.05) is 0 Å². The fourth-order valence-corrected chi connectivity index (χ4v) is 1.38. The molecule has 2 rings (SSSR count). The van der Waals surface area contributed by atoms with Crippen molar-refractivity contribution < 1.29 is 5.11 Å². The molecule has 0 spiro atoms. The molecule has 2 aromatic rings. The summed E-state index contributed by atoms with van der Waals surface area (Å²) < 4.78 is 2.20. The van der Waals surface area contributed by atoms with Gasteiger partial charge < -0.3 is 5.11 Å². The van der Waals surface area contributed by atoms with Crippen molar-refractivity contribution in [3.05, 3.63) is 16.7 Å². The van der Waals surface area contributed by atoms with Gasteiger partial charge in [0.15, 0.2) is 5.65 Å². The van der Waals surface area contributed by atoms with Crippen LogP contribution in [0.4, 0.5) is 0 Å². The van der Waals surface area contributed by atoms with Gasteiger partial charge >= 0.3 is 0 Å². The SMILES string of the molecule is Cn1ncc2cc(Br)c(O)nc21. The van der Waals surface area contributed by atoms with Crippen LogP contribution in [0.5, 0.6) is 5.88 Å². The summed E-state index contributed by atoms with van der Waals surface area (Å²) >= 11 is 3.18. The van der Waals surface area contributed by atoms with E-state index in [2.05, 4.69) is 26.0 Å². The molecule has 0 radical (unpaired) electrons. The lowest BCUT2D eigenvalue weighted by Crippen LogP contribution is -1.91. The third-order valence-corrected chi connectivity index (χ3v) is 2.23. The molecule has 2 heterocycles. The Labute approximate surface area is 77.0 Å². The predicted octanol–water partition coefficient (Wildman–Crippen LogP) is 1.44. The number of pyridine rings is 1. The second-order valence-corrected chi connectivity index (χ2v) is 3.33. The Balaban J connectivity index is 2.87. The molecule has 0 saturated carbocycles. The Morgan fingerprint density at radius 2 is 2.33 bits per heavy atom. The molecule has 4 nitrogen and oxygen atoms in total. The molecule has 0 atom stereocenters. The summed E-state index contributed by atoms with van der Waals surface area (Å²) in [5.74, 6) is -0.00824. The van der Waals surface area contributed by atoms with Gasteiger partial charge in [0, 0.05) is 12.4 Å². The summed E-state index contributed by atoms with van der Waals surface area (Å²) in [5, 5.41) is 14.2. The van der Waals surface area contributed by atoms with Crippen molar-refractivity contribution in [1.82, 2.24) is 14.8 Å². The molecule has 0 fully saturated rings. The van der Waals surface area contributed by atoms with E-state index in [0.29, 0.717) is 10.1 Å². The Morgan fingerprint density at radius 3 is 3.08 bits per heavy atom. The van der Waals surface area contributed by atoms with Gasteiger partial charge in [-0.15, -0.1) is 0 Å². The summed E-state index contributed by atoms with van der Waals surface area (Å²) in [6, 6.07) is 1.78. The first-order chi connectivity index (χ1) is 5.68. The number of halogens is 1. The van der Waals surface area contributed by atoms with E-state index < -0.39 is 0 Å². The summed E-state index contributed by atoms with van der Waals surface area (Å²) in [4.78, 5) is 3.94. The van der Waals surface area contributed by atoms with Crippen LogP contribution < -0.4 is 0 Å². The molecule has 0 aliphatic carbocycles. The zero-order valence-corrected chi connectivity index (χ0v) is 7.91. The maximum Gasteiger partial charge on any atom is 0.227 e. The normalized spacial score (nSPS) is 10.8. The minimum absolute atomic E-state index is 0.00824. The Hall–Kier alpha value is -1.10. The van der Waals surface area contributed by atoms with Crippen LogP contribution in [0.15, 0.2) is 16.7 Å². The summed E-state index contributed by atoms with van der Waals surface area (Å²) in [5.41, 5.74) is 0.677. The van der Waals surface area contributed by atoms with Gasteiger partial charge in [-0.2, -0.15) is 10.1 Å². The van der Waals surface area contributed by atoms with E-state index in [1.165, 1.54) is 0 Å². The number of hydrogen-bond acceptors (Lipinski definition) is 3. The molecule has 0 saturated heterocycles. The third kappa shape index (κ3) is 0.972. The molecule has 5 heteroatoms. The largest absolute Gasteiger partial charge is 0.492 e. The Bertz CT molecular complexity index is 437. The van der Waals surface area contributed by atoms with E-state index in [1.807, 2.05) is 0 Å². The monoisotopic (exact) mass is 227 g/mol. The highest BCUT2D eigenvalue weighted by molar-refractivity contribution is 9.10. The number of aryl methyl sites for hydroxylation is 1. The van der Waals surface area contributed by atoms with Crippen molar-refractivity contribution in [2.75, 3.05) is 0 Å². The van der Waals surface area contributed by atoms with Gasteiger partial charge in [0.1, 0.15) is 0 Å². The number of hydrogen-bond donors (Lipinski definition) is 1. The molecule has 62 valence electrons. The first-order valence-electron chi connectivity index (χ1n) is 3.35. The van der Waals surface area contributed by atoms with Gasteiger partial charge in [-0.3, -0.25) is 4.68 Å². The average Bonchev–Trinajstić information content (AvgIpc) is 2.35. The summed E-state index contributed by atoms with van der Waals surface area (Å²) in [7, 11) is 1.78. The Kier molecular flexibility index (Phi) is 1.54. The molecule has 2 aromatic heterocycles. The Morgan fingerprint density at radius 1 is 1.58 bits per heavy atom. The van der Waals surface area contributed by atoms with Gasteiger partial charge in [0.2, 0.25) is 5.88 Å². The van der Waals surface area contributed by atoms with Crippen LogP contribution in [0.25, 0.3) is 11.0 Å². The predicted molar refractivity (Wildman–Crippen MR) is 47.9 cm³/mol. The first-order valence-corrected chi connectivity index (χ1v) is 4.15. The molecule has 12 heavy (non-hydrogen) atoms. The van der Waals surface area contributed by atoms with Crippen LogP contribution in [0, 0.1) is 0 Å². The lowest BCUT2D eigenvalue weighted by Gasteiger charge is -1.96. The number of aromatic hydroxyl groups is 1. The van der Waals surface area contributed by atoms with E-state index in [9.17, 15) is 5.11 Å². The highest BCUT2D eigenvalue weighted by atomic mass is 79.9. The molecule has 0 amide bonds. The molecule has 0 bridgehead atoms. The molecule has 1 N–H and O–H groups in total. The van der Waals surface area contributed by atoms with Crippen molar-refractivity contribution in [2.45, 2.75) is 0 Å². The molecule has 0 unspecified atom stereocenters. The fourth-order valence-electron chi connectivity index (χ4n) is 1.04. The van der Waals surface area contributed by atoms with Crippen LogP contribution in [0.3, 0.4) is 0 Å². The fraction of sp³-hybridized carbons (Fsp3) is 0.143. The number of nitrogens with zero attached hydrogens (tertiary/aromatic N) is 3. The minimum atomic E-state index is -0.00824. The minimum Gasteiger partial charge on any atom is -0.492 e. The highest BCUT2D eigenvalue weighted by Crippen LogP contribution is 2.25. The van der Waals surface area contributed by atoms with E-state index in [1.54, 1.807) is 24.0 Å². The maximum atomic E-state index is 9.26. The number of aromatic nitrogens is 3. The average molecular weight is 228 g/mol. The van der Waals surface area contributed by atoms with Crippen LogP contribution >= 0.6 is 15.9 Å². The van der Waals surface area contributed by atoms with E-state index >= 15 is 0 Å². The molecule has 0 aromatic carbocycles. The van der Waals surface area contributed by atoms with Gasteiger partial charge in [-0.25, -0.2) is 0 Å². The summed E-state index contributed by atoms with van der Waals surface area (Å²) in [6.45, 7) is 0. The lowest BCUT2D eigenvalue weighted by molar-refractivity contribution is 0.451. The number of fused-ring (bicyclic) bond motifs is 1. The van der Waals surface area contributed by atoms with E-state index in [-0.39, 0.29) is 5.88 Å². The third-order valence-electron chi connectivity index (χ3n) is 1.64. The molecule has 0 aliphatic heterocycles. The second-order valence-electron chi connectivity index (χ2n) is 2.47.